The van der Waals surface area contributed by atoms with E-state index in [9.17, 15) is 18.0 Å². The molecule has 0 aliphatic carbocycles. The first kappa shape index (κ1) is 21.1. The van der Waals surface area contributed by atoms with E-state index < -0.39 is 11.7 Å². The molecule has 2 aromatic heterocycles. The molecule has 1 aliphatic heterocycles. The molecule has 1 aliphatic rings. The summed E-state index contributed by atoms with van der Waals surface area (Å²) in [6, 6.07) is 2.40. The SMILES string of the molecule is CC(C)c1noc(CCCC(=O)N2CCN(c3ccc(C(F)(F)F)cn3)CC2)n1. The number of hydrogen-bond acceptors (Lipinski definition) is 6. The van der Waals surface area contributed by atoms with Crippen LogP contribution in [0.3, 0.4) is 0 Å². The van der Waals surface area contributed by atoms with Crippen LogP contribution in [0.4, 0.5) is 19.0 Å². The van der Waals surface area contributed by atoms with E-state index in [0.29, 0.717) is 63.0 Å². The molecule has 10 heteroatoms. The van der Waals surface area contributed by atoms with Crippen molar-refractivity contribution in [2.45, 2.75) is 45.2 Å². The number of carbonyl (C=O) groups excluding carboxylic acids is 1. The maximum atomic E-state index is 12.6. The van der Waals surface area contributed by atoms with Gasteiger partial charge in [0.25, 0.3) is 0 Å². The molecule has 2 aromatic rings. The van der Waals surface area contributed by atoms with E-state index in [1.165, 1.54) is 6.07 Å². The number of halogens is 3. The van der Waals surface area contributed by atoms with E-state index in [1.807, 2.05) is 18.7 Å². The first-order valence-electron chi connectivity index (χ1n) is 9.62. The number of piperazine rings is 1. The molecule has 29 heavy (non-hydrogen) atoms. The molecular weight excluding hydrogens is 387 g/mol. The second-order valence-corrected chi connectivity index (χ2v) is 7.33. The van der Waals surface area contributed by atoms with Gasteiger partial charge >= 0.3 is 6.18 Å². The molecule has 0 saturated carbocycles. The van der Waals surface area contributed by atoms with E-state index in [2.05, 4.69) is 15.1 Å². The van der Waals surface area contributed by atoms with Crippen LogP contribution in [0.15, 0.2) is 22.9 Å². The number of alkyl halides is 3. The molecule has 3 heterocycles. The Morgan fingerprint density at radius 1 is 1.21 bits per heavy atom. The van der Waals surface area contributed by atoms with Crippen LogP contribution in [-0.2, 0) is 17.4 Å². The van der Waals surface area contributed by atoms with E-state index >= 15 is 0 Å². The monoisotopic (exact) mass is 411 g/mol. The Kier molecular flexibility index (Phi) is 6.39. The van der Waals surface area contributed by atoms with Gasteiger partial charge in [-0.25, -0.2) is 4.98 Å². The first-order valence-corrected chi connectivity index (χ1v) is 9.62. The van der Waals surface area contributed by atoms with Crippen LogP contribution in [-0.4, -0.2) is 52.1 Å². The minimum Gasteiger partial charge on any atom is -0.353 e. The van der Waals surface area contributed by atoms with Crippen LogP contribution in [0.2, 0.25) is 0 Å². The number of rotatable bonds is 6. The number of aryl methyl sites for hydroxylation is 1. The topological polar surface area (TPSA) is 75.4 Å². The smallest absolute Gasteiger partial charge is 0.353 e. The molecule has 3 rings (SSSR count). The Bertz CT molecular complexity index is 812. The highest BCUT2D eigenvalue weighted by atomic mass is 19.4. The van der Waals surface area contributed by atoms with E-state index in [4.69, 9.17) is 4.52 Å². The van der Waals surface area contributed by atoms with Crippen LogP contribution in [0, 0.1) is 0 Å². The molecule has 0 spiro atoms. The van der Waals surface area contributed by atoms with Gasteiger partial charge in [0.15, 0.2) is 5.82 Å². The van der Waals surface area contributed by atoms with Gasteiger partial charge in [-0.3, -0.25) is 4.79 Å². The van der Waals surface area contributed by atoms with Crippen molar-refractivity contribution in [1.29, 1.82) is 0 Å². The molecule has 0 aromatic carbocycles. The Hall–Kier alpha value is -2.65. The number of carbonyl (C=O) groups is 1. The standard InChI is InChI=1S/C19H24F3N5O2/c1-13(2)18-24-16(29-25-18)4-3-5-17(28)27-10-8-26(9-11-27)15-7-6-14(12-23-15)19(20,21)22/h6-7,12-13H,3-5,8-11H2,1-2H3. The van der Waals surface area contributed by atoms with Gasteiger partial charge in [0.2, 0.25) is 11.8 Å². The minimum absolute atomic E-state index is 0.0497. The summed E-state index contributed by atoms with van der Waals surface area (Å²) in [6.45, 7) is 6.06. The molecule has 1 fully saturated rings. The number of pyridine rings is 1. The second kappa shape index (κ2) is 8.79. The lowest BCUT2D eigenvalue weighted by molar-refractivity contribution is -0.138. The van der Waals surface area contributed by atoms with Crippen LogP contribution in [0.25, 0.3) is 0 Å². The van der Waals surface area contributed by atoms with Crippen molar-refractivity contribution < 1.29 is 22.5 Å². The minimum atomic E-state index is -4.39. The van der Waals surface area contributed by atoms with Crippen molar-refractivity contribution in [3.05, 3.63) is 35.6 Å². The zero-order valence-corrected chi connectivity index (χ0v) is 16.4. The molecule has 7 nitrogen and oxygen atoms in total. The van der Waals surface area contributed by atoms with Crippen molar-refractivity contribution in [2.75, 3.05) is 31.1 Å². The van der Waals surface area contributed by atoms with Crippen LogP contribution < -0.4 is 4.90 Å². The third-order valence-corrected chi connectivity index (χ3v) is 4.81. The fourth-order valence-electron chi connectivity index (χ4n) is 3.08. The summed E-state index contributed by atoms with van der Waals surface area (Å²) >= 11 is 0. The fourth-order valence-corrected chi connectivity index (χ4v) is 3.08. The predicted octanol–water partition coefficient (Wildman–Crippen LogP) is 3.28. The van der Waals surface area contributed by atoms with E-state index in [0.717, 1.165) is 12.3 Å². The molecule has 0 bridgehead atoms. The zero-order chi connectivity index (χ0) is 21.0. The molecule has 1 saturated heterocycles. The second-order valence-electron chi connectivity index (χ2n) is 7.33. The third kappa shape index (κ3) is 5.45. The lowest BCUT2D eigenvalue weighted by atomic mass is 10.2. The van der Waals surface area contributed by atoms with Gasteiger partial charge in [-0.1, -0.05) is 19.0 Å². The highest BCUT2D eigenvalue weighted by Crippen LogP contribution is 2.29. The van der Waals surface area contributed by atoms with Gasteiger partial charge in [0, 0.05) is 51.1 Å². The number of aromatic nitrogens is 3. The largest absolute Gasteiger partial charge is 0.417 e. The van der Waals surface area contributed by atoms with Gasteiger partial charge < -0.3 is 14.3 Å². The molecular formula is C19H24F3N5O2. The van der Waals surface area contributed by atoms with Gasteiger partial charge in [0.05, 0.1) is 5.56 Å². The zero-order valence-electron chi connectivity index (χ0n) is 16.4. The number of nitrogens with zero attached hydrogens (tertiary/aromatic N) is 5. The van der Waals surface area contributed by atoms with Gasteiger partial charge in [-0.2, -0.15) is 18.2 Å². The summed E-state index contributed by atoms with van der Waals surface area (Å²) in [5, 5.41) is 3.90. The lowest BCUT2D eigenvalue weighted by Crippen LogP contribution is -2.49. The first-order chi connectivity index (χ1) is 13.7. The number of anilines is 1. The molecule has 0 atom stereocenters. The van der Waals surface area contributed by atoms with Crippen molar-refractivity contribution in [3.8, 4) is 0 Å². The molecule has 1 amide bonds. The van der Waals surface area contributed by atoms with Crippen LogP contribution >= 0.6 is 0 Å². The van der Waals surface area contributed by atoms with E-state index in [1.54, 1.807) is 4.90 Å². The Labute approximate surface area is 166 Å². The maximum absolute atomic E-state index is 12.6. The summed E-state index contributed by atoms with van der Waals surface area (Å²) in [4.78, 5) is 24.3. The summed E-state index contributed by atoms with van der Waals surface area (Å²) in [6.07, 6.45) is -1.98. The number of hydrogen-bond donors (Lipinski definition) is 0. The predicted molar refractivity (Wildman–Crippen MR) is 99.4 cm³/mol. The lowest BCUT2D eigenvalue weighted by Gasteiger charge is -2.35. The fraction of sp³-hybridized carbons (Fsp3) is 0.579. The van der Waals surface area contributed by atoms with E-state index in [-0.39, 0.29) is 11.8 Å². The summed E-state index contributed by atoms with van der Waals surface area (Å²) in [5.41, 5.74) is -0.767. The summed E-state index contributed by atoms with van der Waals surface area (Å²) in [5.74, 6) is 1.94. The number of amides is 1. The molecule has 0 N–H and O–H groups in total. The molecule has 0 unspecified atom stereocenters. The average Bonchev–Trinajstić information content (AvgIpc) is 3.17. The molecule has 0 radical (unpaired) electrons. The molecule has 158 valence electrons. The van der Waals surface area contributed by atoms with Gasteiger partial charge in [0.1, 0.15) is 5.82 Å². The highest BCUT2D eigenvalue weighted by Gasteiger charge is 2.31. The van der Waals surface area contributed by atoms with Crippen molar-refractivity contribution >= 4 is 11.7 Å². The highest BCUT2D eigenvalue weighted by molar-refractivity contribution is 5.76. The van der Waals surface area contributed by atoms with Gasteiger partial charge in [-0.05, 0) is 18.6 Å². The maximum Gasteiger partial charge on any atom is 0.417 e. The van der Waals surface area contributed by atoms with Crippen LogP contribution in [0.5, 0.6) is 0 Å². The summed E-state index contributed by atoms with van der Waals surface area (Å²) in [7, 11) is 0. The van der Waals surface area contributed by atoms with Crippen LogP contribution in [0.1, 0.15) is 49.9 Å². The Morgan fingerprint density at radius 2 is 1.93 bits per heavy atom. The average molecular weight is 411 g/mol. The van der Waals surface area contributed by atoms with Gasteiger partial charge in [-0.15, -0.1) is 0 Å². The quantitative estimate of drug-likeness (QED) is 0.726. The van der Waals surface area contributed by atoms with Crippen molar-refractivity contribution in [1.82, 2.24) is 20.0 Å². The third-order valence-electron chi connectivity index (χ3n) is 4.81. The Morgan fingerprint density at radius 3 is 2.48 bits per heavy atom. The van der Waals surface area contributed by atoms with Crippen molar-refractivity contribution in [2.24, 2.45) is 0 Å². The Balaban J connectivity index is 1.43. The van der Waals surface area contributed by atoms with Crippen molar-refractivity contribution in [3.63, 3.8) is 0 Å². The summed E-state index contributed by atoms with van der Waals surface area (Å²) < 4.78 is 43.1. The normalized spacial score (nSPS) is 15.2.